The van der Waals surface area contributed by atoms with Gasteiger partial charge in [0.25, 0.3) is 5.56 Å². The van der Waals surface area contributed by atoms with E-state index in [1.807, 2.05) is 22.9 Å². The van der Waals surface area contributed by atoms with Crippen LogP contribution in [0.3, 0.4) is 0 Å². The lowest BCUT2D eigenvalue weighted by Gasteiger charge is -2.12. The molecule has 0 unspecified atom stereocenters. The number of nitrogens with one attached hydrogen (secondary N) is 1. The molecule has 0 aliphatic carbocycles. The quantitative estimate of drug-likeness (QED) is 0.333. The number of nitrogens with zero attached hydrogens (tertiary/aromatic N) is 2. The van der Waals surface area contributed by atoms with Crippen LogP contribution in [0.15, 0.2) is 63.2 Å². The van der Waals surface area contributed by atoms with Crippen molar-refractivity contribution < 1.29 is 9.18 Å². The molecule has 0 saturated heterocycles. The van der Waals surface area contributed by atoms with Crippen molar-refractivity contribution in [2.45, 2.75) is 18.1 Å². The molecule has 3 heterocycles. The number of fused-ring (bicyclic) bond motifs is 1. The summed E-state index contributed by atoms with van der Waals surface area (Å²) < 4.78 is 16.0. The van der Waals surface area contributed by atoms with Crippen molar-refractivity contribution in [3.63, 3.8) is 0 Å². The summed E-state index contributed by atoms with van der Waals surface area (Å²) in [7, 11) is 0. The standard InChI is InChI=1S/C20H16FN3O2S3/c21-14-5-1-2-6-15(14)22-17(25)12-29-20-23-16-8-11-28-18(16)19(26)24(20)9-7-13-4-3-10-27-13/h1-6,8,10-11H,7,9,12H2,(H,22,25). The summed E-state index contributed by atoms with van der Waals surface area (Å²) in [6, 6.07) is 11.8. The third-order valence-electron chi connectivity index (χ3n) is 4.17. The molecule has 0 saturated carbocycles. The predicted molar refractivity (Wildman–Crippen MR) is 118 cm³/mol. The molecular formula is C20H16FN3O2S3. The third-order valence-corrected chi connectivity index (χ3v) is 6.98. The fraction of sp³-hybridized carbons (Fsp3) is 0.150. The summed E-state index contributed by atoms with van der Waals surface area (Å²) in [6.45, 7) is 0.484. The van der Waals surface area contributed by atoms with E-state index in [2.05, 4.69) is 10.3 Å². The van der Waals surface area contributed by atoms with Gasteiger partial charge in [0, 0.05) is 11.4 Å². The van der Waals surface area contributed by atoms with Gasteiger partial charge in [-0.2, -0.15) is 0 Å². The second-order valence-corrected chi connectivity index (χ2v) is 9.02. The number of halogens is 1. The summed E-state index contributed by atoms with van der Waals surface area (Å²) in [5, 5.41) is 6.88. The van der Waals surface area contributed by atoms with Crippen LogP contribution in [0.2, 0.25) is 0 Å². The van der Waals surface area contributed by atoms with Crippen LogP contribution in [0.4, 0.5) is 10.1 Å². The Morgan fingerprint density at radius 2 is 2.00 bits per heavy atom. The number of para-hydroxylation sites is 1. The van der Waals surface area contributed by atoms with Gasteiger partial charge in [0.05, 0.1) is 17.0 Å². The molecule has 148 valence electrons. The Morgan fingerprint density at radius 3 is 2.79 bits per heavy atom. The van der Waals surface area contributed by atoms with Gasteiger partial charge in [-0.25, -0.2) is 9.37 Å². The minimum Gasteiger partial charge on any atom is -0.323 e. The van der Waals surface area contributed by atoms with E-state index in [-0.39, 0.29) is 22.9 Å². The van der Waals surface area contributed by atoms with Gasteiger partial charge in [-0.3, -0.25) is 14.2 Å². The number of carbonyl (C=O) groups excluding carboxylic acids is 1. The normalized spacial score (nSPS) is 11.1. The molecule has 0 aliphatic heterocycles. The van der Waals surface area contributed by atoms with E-state index >= 15 is 0 Å². The van der Waals surface area contributed by atoms with E-state index in [0.717, 1.165) is 0 Å². The highest BCUT2D eigenvalue weighted by molar-refractivity contribution is 7.99. The molecule has 0 atom stereocenters. The molecule has 0 radical (unpaired) electrons. The van der Waals surface area contributed by atoms with E-state index in [1.54, 1.807) is 34.1 Å². The van der Waals surface area contributed by atoms with Crippen LogP contribution in [0.1, 0.15) is 4.88 Å². The molecule has 4 aromatic rings. The molecule has 3 aromatic heterocycles. The molecule has 9 heteroatoms. The van der Waals surface area contributed by atoms with Gasteiger partial charge >= 0.3 is 0 Å². The van der Waals surface area contributed by atoms with Gasteiger partial charge < -0.3 is 5.32 Å². The maximum Gasteiger partial charge on any atom is 0.272 e. The van der Waals surface area contributed by atoms with Gasteiger partial charge in [-0.05, 0) is 41.4 Å². The zero-order valence-electron chi connectivity index (χ0n) is 15.1. The van der Waals surface area contributed by atoms with Crippen molar-refractivity contribution >= 4 is 56.2 Å². The van der Waals surface area contributed by atoms with Gasteiger partial charge in [0.1, 0.15) is 10.5 Å². The maximum absolute atomic E-state index is 13.7. The van der Waals surface area contributed by atoms with Crippen LogP contribution in [-0.4, -0.2) is 21.2 Å². The molecule has 0 fully saturated rings. The first kappa shape index (κ1) is 19.8. The Balaban J connectivity index is 1.53. The second-order valence-electron chi connectivity index (χ2n) is 6.13. The van der Waals surface area contributed by atoms with Crippen LogP contribution in [0, 0.1) is 5.82 Å². The lowest BCUT2D eigenvalue weighted by atomic mass is 10.3. The summed E-state index contributed by atoms with van der Waals surface area (Å²) in [6.07, 6.45) is 0.713. The average Bonchev–Trinajstić information content (AvgIpc) is 3.39. The van der Waals surface area contributed by atoms with E-state index < -0.39 is 5.82 Å². The Kier molecular flexibility index (Phi) is 6.08. The average molecular weight is 446 g/mol. The van der Waals surface area contributed by atoms with Crippen molar-refractivity contribution in [3.8, 4) is 0 Å². The van der Waals surface area contributed by atoms with E-state index in [9.17, 15) is 14.0 Å². The van der Waals surface area contributed by atoms with E-state index in [1.165, 1.54) is 40.1 Å². The SMILES string of the molecule is O=C(CSc1nc2ccsc2c(=O)n1CCc1cccs1)Nc1ccccc1F. The molecule has 1 amide bonds. The first-order valence-electron chi connectivity index (χ1n) is 8.79. The largest absolute Gasteiger partial charge is 0.323 e. The number of aromatic nitrogens is 2. The summed E-state index contributed by atoms with van der Waals surface area (Å²) >= 11 is 4.18. The van der Waals surface area contributed by atoms with Crippen molar-refractivity contribution in [2.24, 2.45) is 0 Å². The first-order valence-corrected chi connectivity index (χ1v) is 11.5. The van der Waals surface area contributed by atoms with Crippen LogP contribution in [-0.2, 0) is 17.8 Å². The number of aryl methyl sites for hydroxylation is 1. The van der Waals surface area contributed by atoms with Gasteiger partial charge in [-0.1, -0.05) is 30.0 Å². The zero-order chi connectivity index (χ0) is 20.2. The Morgan fingerprint density at radius 1 is 1.14 bits per heavy atom. The molecule has 29 heavy (non-hydrogen) atoms. The van der Waals surface area contributed by atoms with Crippen molar-refractivity contribution in [1.29, 1.82) is 0 Å². The number of hydrogen-bond donors (Lipinski definition) is 1. The smallest absolute Gasteiger partial charge is 0.272 e. The summed E-state index contributed by atoms with van der Waals surface area (Å²) in [5.41, 5.74) is 0.664. The summed E-state index contributed by atoms with van der Waals surface area (Å²) in [5.74, 6) is -0.823. The fourth-order valence-electron chi connectivity index (χ4n) is 2.79. The number of hydrogen-bond acceptors (Lipinski definition) is 6. The highest BCUT2D eigenvalue weighted by Crippen LogP contribution is 2.22. The van der Waals surface area contributed by atoms with Crippen LogP contribution in [0.25, 0.3) is 10.2 Å². The number of thioether (sulfide) groups is 1. The molecule has 5 nitrogen and oxygen atoms in total. The highest BCUT2D eigenvalue weighted by Gasteiger charge is 2.15. The lowest BCUT2D eigenvalue weighted by Crippen LogP contribution is -2.24. The van der Waals surface area contributed by atoms with Crippen LogP contribution < -0.4 is 10.9 Å². The lowest BCUT2D eigenvalue weighted by molar-refractivity contribution is -0.113. The summed E-state index contributed by atoms with van der Waals surface area (Å²) in [4.78, 5) is 31.0. The molecule has 0 aliphatic rings. The van der Waals surface area contributed by atoms with E-state index in [4.69, 9.17) is 0 Å². The van der Waals surface area contributed by atoms with Gasteiger partial charge in [-0.15, -0.1) is 22.7 Å². The molecule has 1 aromatic carbocycles. The number of amides is 1. The number of thiophene rings is 2. The zero-order valence-corrected chi connectivity index (χ0v) is 17.6. The second kappa shape index (κ2) is 8.89. The van der Waals surface area contributed by atoms with Gasteiger partial charge in [0.15, 0.2) is 5.16 Å². The molecule has 0 spiro atoms. The number of benzene rings is 1. The van der Waals surface area contributed by atoms with E-state index in [0.29, 0.717) is 28.3 Å². The number of anilines is 1. The highest BCUT2D eigenvalue weighted by atomic mass is 32.2. The van der Waals surface area contributed by atoms with Crippen molar-refractivity contribution in [1.82, 2.24) is 9.55 Å². The van der Waals surface area contributed by atoms with Crippen molar-refractivity contribution in [2.75, 3.05) is 11.1 Å². The maximum atomic E-state index is 13.7. The fourth-order valence-corrected chi connectivity index (χ4v) is 5.09. The number of rotatable bonds is 7. The number of carbonyl (C=O) groups is 1. The molecule has 4 rings (SSSR count). The van der Waals surface area contributed by atoms with Crippen LogP contribution >= 0.6 is 34.4 Å². The van der Waals surface area contributed by atoms with Crippen molar-refractivity contribution in [3.05, 3.63) is 74.3 Å². The monoisotopic (exact) mass is 445 g/mol. The minimum atomic E-state index is -0.489. The molecule has 0 bridgehead atoms. The van der Waals surface area contributed by atoms with Crippen LogP contribution in [0.5, 0.6) is 0 Å². The molecular weight excluding hydrogens is 429 g/mol. The molecule has 1 N–H and O–H groups in total. The Labute approximate surface area is 178 Å². The van der Waals surface area contributed by atoms with Gasteiger partial charge in [0.2, 0.25) is 5.91 Å². The minimum absolute atomic E-state index is 0.0232. The first-order chi connectivity index (χ1) is 14.1. The third kappa shape index (κ3) is 4.58. The topological polar surface area (TPSA) is 64.0 Å². The Bertz CT molecular complexity index is 1200. The predicted octanol–water partition coefficient (Wildman–Crippen LogP) is 4.63. The Hall–Kier alpha value is -2.49.